The highest BCUT2D eigenvalue weighted by molar-refractivity contribution is 5.16. The third-order valence-corrected chi connectivity index (χ3v) is 6.83. The zero-order valence-corrected chi connectivity index (χ0v) is 22.4. The van der Waals surface area contributed by atoms with E-state index in [-0.39, 0.29) is 19.8 Å². The van der Waals surface area contributed by atoms with Gasteiger partial charge in [-0.3, -0.25) is 0 Å². The normalized spacial score (nSPS) is 22.7. The molecule has 0 aliphatic carbocycles. The molecular formula is C34H35FO5. The summed E-state index contributed by atoms with van der Waals surface area (Å²) >= 11 is 0. The highest BCUT2D eigenvalue weighted by Gasteiger charge is 2.48. The lowest BCUT2D eigenvalue weighted by molar-refractivity contribution is -0.298. The van der Waals surface area contributed by atoms with E-state index in [0.717, 1.165) is 22.3 Å². The van der Waals surface area contributed by atoms with Gasteiger partial charge in [0.25, 0.3) is 0 Å². The molecule has 0 spiro atoms. The zero-order valence-electron chi connectivity index (χ0n) is 22.4. The number of ether oxygens (including phenoxy) is 5. The van der Waals surface area contributed by atoms with E-state index in [4.69, 9.17) is 23.7 Å². The van der Waals surface area contributed by atoms with Crippen molar-refractivity contribution >= 4 is 0 Å². The second kappa shape index (κ2) is 14.8. The maximum Gasteiger partial charge on any atom is 0.228 e. The predicted molar refractivity (Wildman–Crippen MR) is 151 cm³/mol. The Hall–Kier alpha value is -3.39. The smallest absolute Gasteiger partial charge is 0.228 e. The Labute approximate surface area is 235 Å². The molecule has 0 N–H and O–H groups in total. The monoisotopic (exact) mass is 542 g/mol. The van der Waals surface area contributed by atoms with Gasteiger partial charge in [0.1, 0.15) is 24.4 Å². The maximum atomic E-state index is 15.7. The summed E-state index contributed by atoms with van der Waals surface area (Å²) in [4.78, 5) is 0. The molecule has 0 bridgehead atoms. The molecule has 0 saturated carbocycles. The minimum absolute atomic E-state index is 0.144. The first-order valence-corrected chi connectivity index (χ1v) is 13.6. The fourth-order valence-corrected chi connectivity index (χ4v) is 4.73. The molecule has 208 valence electrons. The van der Waals surface area contributed by atoms with Gasteiger partial charge in [-0.05, 0) is 22.3 Å². The highest BCUT2D eigenvalue weighted by atomic mass is 19.1. The van der Waals surface area contributed by atoms with E-state index in [2.05, 4.69) is 0 Å². The Morgan fingerprint density at radius 1 is 0.475 bits per heavy atom. The topological polar surface area (TPSA) is 46.2 Å². The average molecular weight is 543 g/mol. The summed E-state index contributed by atoms with van der Waals surface area (Å²) < 4.78 is 46.6. The van der Waals surface area contributed by atoms with Crippen LogP contribution >= 0.6 is 0 Å². The van der Waals surface area contributed by atoms with Crippen LogP contribution in [0, 0.1) is 0 Å². The van der Waals surface area contributed by atoms with Crippen molar-refractivity contribution in [2.75, 3.05) is 6.61 Å². The van der Waals surface area contributed by atoms with Crippen molar-refractivity contribution in [1.29, 1.82) is 0 Å². The largest absolute Gasteiger partial charge is 0.374 e. The van der Waals surface area contributed by atoms with Crippen molar-refractivity contribution in [1.82, 2.24) is 0 Å². The van der Waals surface area contributed by atoms with E-state index < -0.39 is 30.8 Å². The van der Waals surface area contributed by atoms with E-state index in [1.165, 1.54) is 0 Å². The first-order chi connectivity index (χ1) is 19.8. The van der Waals surface area contributed by atoms with Gasteiger partial charge >= 0.3 is 0 Å². The first kappa shape index (κ1) is 28.1. The lowest BCUT2D eigenvalue weighted by Gasteiger charge is -2.43. The molecule has 5 atom stereocenters. The Morgan fingerprint density at radius 3 is 1.30 bits per heavy atom. The van der Waals surface area contributed by atoms with E-state index in [0.29, 0.717) is 13.2 Å². The maximum absolute atomic E-state index is 15.7. The van der Waals surface area contributed by atoms with E-state index in [1.807, 2.05) is 121 Å². The van der Waals surface area contributed by atoms with Crippen molar-refractivity contribution < 1.29 is 28.1 Å². The van der Waals surface area contributed by atoms with Crippen LogP contribution < -0.4 is 0 Å². The quantitative estimate of drug-likeness (QED) is 0.189. The predicted octanol–water partition coefficient (Wildman–Crippen LogP) is 6.65. The van der Waals surface area contributed by atoms with Crippen LogP contribution in [-0.4, -0.2) is 37.4 Å². The van der Waals surface area contributed by atoms with Gasteiger partial charge in [-0.1, -0.05) is 121 Å². The Morgan fingerprint density at radius 2 is 0.850 bits per heavy atom. The molecule has 0 aromatic heterocycles. The molecule has 4 aromatic rings. The molecule has 5 nitrogen and oxygen atoms in total. The van der Waals surface area contributed by atoms with Gasteiger partial charge in [-0.25, -0.2) is 4.39 Å². The van der Waals surface area contributed by atoms with Gasteiger partial charge in [0.15, 0.2) is 0 Å². The number of hydrogen-bond donors (Lipinski definition) is 0. The number of rotatable bonds is 13. The molecule has 1 saturated heterocycles. The van der Waals surface area contributed by atoms with Crippen molar-refractivity contribution in [2.45, 2.75) is 57.2 Å². The summed E-state index contributed by atoms with van der Waals surface area (Å²) in [6.45, 7) is 1.35. The summed E-state index contributed by atoms with van der Waals surface area (Å²) in [6, 6.07) is 39.2. The van der Waals surface area contributed by atoms with Gasteiger partial charge in [-0.15, -0.1) is 0 Å². The summed E-state index contributed by atoms with van der Waals surface area (Å²) in [6.07, 6.45) is -4.77. The van der Waals surface area contributed by atoms with Crippen LogP contribution in [0.25, 0.3) is 0 Å². The molecule has 40 heavy (non-hydrogen) atoms. The van der Waals surface area contributed by atoms with E-state index in [1.54, 1.807) is 0 Å². The molecule has 1 aliphatic rings. The number of halogens is 1. The van der Waals surface area contributed by atoms with Crippen LogP contribution in [-0.2, 0) is 50.1 Å². The van der Waals surface area contributed by atoms with Crippen molar-refractivity contribution in [2.24, 2.45) is 0 Å². The lowest BCUT2D eigenvalue weighted by atomic mass is 9.98. The van der Waals surface area contributed by atoms with Gasteiger partial charge < -0.3 is 23.7 Å². The lowest BCUT2D eigenvalue weighted by Crippen LogP contribution is -2.60. The van der Waals surface area contributed by atoms with Gasteiger partial charge in [0, 0.05) is 0 Å². The molecule has 0 amide bonds. The zero-order chi connectivity index (χ0) is 27.4. The second-order valence-corrected chi connectivity index (χ2v) is 9.81. The molecule has 1 fully saturated rings. The molecular weight excluding hydrogens is 507 g/mol. The highest BCUT2D eigenvalue weighted by Crippen LogP contribution is 2.31. The minimum atomic E-state index is -1.72. The van der Waals surface area contributed by atoms with Crippen LogP contribution in [0.5, 0.6) is 0 Å². The van der Waals surface area contributed by atoms with Crippen LogP contribution in [0.4, 0.5) is 4.39 Å². The molecule has 6 heteroatoms. The Balaban J connectivity index is 1.36. The Bertz CT molecular complexity index is 1240. The number of benzene rings is 4. The van der Waals surface area contributed by atoms with Crippen molar-refractivity contribution in [3.8, 4) is 0 Å². The third-order valence-electron chi connectivity index (χ3n) is 6.83. The van der Waals surface area contributed by atoms with Crippen LogP contribution in [0.3, 0.4) is 0 Å². The van der Waals surface area contributed by atoms with Crippen molar-refractivity contribution in [3.63, 3.8) is 0 Å². The molecule has 0 radical (unpaired) electrons. The molecule has 3 unspecified atom stereocenters. The average Bonchev–Trinajstić information content (AvgIpc) is 3.01. The van der Waals surface area contributed by atoms with Crippen LogP contribution in [0.2, 0.25) is 0 Å². The second-order valence-electron chi connectivity index (χ2n) is 9.81. The van der Waals surface area contributed by atoms with Gasteiger partial charge in [-0.2, -0.15) is 0 Å². The van der Waals surface area contributed by atoms with Gasteiger partial charge in [0.2, 0.25) is 6.36 Å². The number of hydrogen-bond acceptors (Lipinski definition) is 5. The van der Waals surface area contributed by atoms with E-state index in [9.17, 15) is 0 Å². The SMILES string of the molecule is F[C@@H]1OC(COCc2ccccc2)[C@@H](OCc2ccccc2)C(OCc2ccccc2)C1OCc1ccccc1. The molecule has 1 heterocycles. The van der Waals surface area contributed by atoms with Crippen molar-refractivity contribution in [3.05, 3.63) is 144 Å². The Kier molecular flexibility index (Phi) is 10.4. The fourth-order valence-electron chi connectivity index (χ4n) is 4.73. The summed E-state index contributed by atoms with van der Waals surface area (Å²) in [7, 11) is 0. The number of alkyl halides is 1. The molecule has 4 aromatic carbocycles. The first-order valence-electron chi connectivity index (χ1n) is 13.6. The third kappa shape index (κ3) is 8.07. The summed E-state index contributed by atoms with van der Waals surface area (Å²) in [5.41, 5.74) is 3.94. The van der Waals surface area contributed by atoms with Crippen LogP contribution in [0.15, 0.2) is 121 Å². The van der Waals surface area contributed by atoms with Crippen LogP contribution in [0.1, 0.15) is 22.3 Å². The van der Waals surface area contributed by atoms with E-state index >= 15 is 4.39 Å². The van der Waals surface area contributed by atoms with Gasteiger partial charge in [0.05, 0.1) is 33.0 Å². The summed E-state index contributed by atoms with van der Waals surface area (Å²) in [5, 5.41) is 0. The minimum Gasteiger partial charge on any atom is -0.374 e. The standard InChI is InChI=1S/C34H35FO5/c35-34-33(39-24-29-19-11-4-12-20-29)32(38-23-28-17-9-3-10-18-28)31(37-22-27-15-7-2-8-16-27)30(40-34)25-36-21-26-13-5-1-6-14-26/h1-20,30-34H,21-25H2/t30?,31-,32?,33?,34-/m1/s1. The molecule has 1 aliphatic heterocycles. The fraction of sp³-hybridized carbons (Fsp3) is 0.294. The molecule has 5 rings (SSSR count). The summed E-state index contributed by atoms with van der Waals surface area (Å²) in [5.74, 6) is 0.